The van der Waals surface area contributed by atoms with Crippen LogP contribution in [0.15, 0.2) is 0 Å². The zero-order valence-corrected chi connectivity index (χ0v) is 10.3. The molecule has 3 nitrogen and oxygen atoms in total. The van der Waals surface area contributed by atoms with Gasteiger partial charge in [-0.2, -0.15) is 0 Å². The monoisotopic (exact) mass is 201 g/mol. The first-order valence-corrected chi connectivity index (χ1v) is 5.02. The van der Waals surface area contributed by atoms with Gasteiger partial charge in [0.05, 0.1) is 13.0 Å². The molecular formula is C11H23NO2. The fourth-order valence-corrected chi connectivity index (χ4v) is 1.62. The molecule has 84 valence electrons. The summed E-state index contributed by atoms with van der Waals surface area (Å²) in [5.41, 5.74) is 0.268. The summed E-state index contributed by atoms with van der Waals surface area (Å²) in [6.07, 6.45) is 0. The highest BCUT2D eigenvalue weighted by Gasteiger charge is 2.19. The van der Waals surface area contributed by atoms with Crippen molar-refractivity contribution in [1.82, 2.24) is 4.90 Å². The second-order valence-corrected chi connectivity index (χ2v) is 5.18. The maximum atomic E-state index is 11.2. The molecule has 0 amide bonds. The summed E-state index contributed by atoms with van der Waals surface area (Å²) < 4.78 is 4.68. The SMILES string of the molecule is COC(=O)C(C)CN(C)CC(C)(C)C. The molecule has 0 aromatic heterocycles. The zero-order chi connectivity index (χ0) is 11.4. The molecule has 0 saturated carbocycles. The van der Waals surface area contributed by atoms with E-state index >= 15 is 0 Å². The minimum atomic E-state index is -0.134. The lowest BCUT2D eigenvalue weighted by molar-refractivity contribution is -0.145. The molecule has 0 aromatic rings. The topological polar surface area (TPSA) is 29.5 Å². The average molecular weight is 201 g/mol. The summed E-state index contributed by atoms with van der Waals surface area (Å²) >= 11 is 0. The van der Waals surface area contributed by atoms with Crippen molar-refractivity contribution in [3.63, 3.8) is 0 Å². The summed E-state index contributed by atoms with van der Waals surface area (Å²) in [7, 11) is 3.47. The van der Waals surface area contributed by atoms with Crippen molar-refractivity contribution in [3.8, 4) is 0 Å². The van der Waals surface area contributed by atoms with Gasteiger partial charge in [0.15, 0.2) is 0 Å². The van der Waals surface area contributed by atoms with Gasteiger partial charge in [-0.3, -0.25) is 4.79 Å². The number of carbonyl (C=O) groups is 1. The highest BCUT2D eigenvalue weighted by molar-refractivity contribution is 5.71. The zero-order valence-electron chi connectivity index (χ0n) is 10.3. The van der Waals surface area contributed by atoms with E-state index in [1.165, 1.54) is 7.11 Å². The molecule has 0 radical (unpaired) electrons. The van der Waals surface area contributed by atoms with E-state index in [0.29, 0.717) is 0 Å². The Balaban J connectivity index is 3.94. The highest BCUT2D eigenvalue weighted by Crippen LogP contribution is 2.15. The molecule has 0 saturated heterocycles. The minimum Gasteiger partial charge on any atom is -0.469 e. The quantitative estimate of drug-likeness (QED) is 0.649. The maximum Gasteiger partial charge on any atom is 0.309 e. The van der Waals surface area contributed by atoms with E-state index < -0.39 is 0 Å². The van der Waals surface area contributed by atoms with Gasteiger partial charge in [-0.25, -0.2) is 0 Å². The van der Waals surface area contributed by atoms with E-state index in [0.717, 1.165) is 13.1 Å². The van der Waals surface area contributed by atoms with E-state index in [1.54, 1.807) is 0 Å². The molecule has 0 aliphatic rings. The number of ether oxygens (including phenoxy) is 1. The van der Waals surface area contributed by atoms with Crippen LogP contribution in [0.4, 0.5) is 0 Å². The molecule has 0 aromatic carbocycles. The predicted octanol–water partition coefficient (Wildman–Crippen LogP) is 1.77. The molecule has 3 heteroatoms. The Morgan fingerprint density at radius 3 is 2.29 bits per heavy atom. The van der Waals surface area contributed by atoms with Crippen LogP contribution < -0.4 is 0 Å². The molecule has 0 rings (SSSR count). The van der Waals surface area contributed by atoms with Gasteiger partial charge in [0, 0.05) is 13.1 Å². The number of methoxy groups -OCH3 is 1. The Labute approximate surface area is 87.4 Å². The van der Waals surface area contributed by atoms with Gasteiger partial charge < -0.3 is 9.64 Å². The van der Waals surface area contributed by atoms with Crippen LogP contribution in [0.3, 0.4) is 0 Å². The van der Waals surface area contributed by atoms with Gasteiger partial charge in [-0.05, 0) is 12.5 Å². The number of nitrogens with zero attached hydrogens (tertiary/aromatic N) is 1. The van der Waals surface area contributed by atoms with Crippen molar-refractivity contribution in [2.75, 3.05) is 27.2 Å². The smallest absolute Gasteiger partial charge is 0.309 e. The number of hydrogen-bond donors (Lipinski definition) is 0. The minimum absolute atomic E-state index is 0.0488. The summed E-state index contributed by atoms with van der Waals surface area (Å²) in [4.78, 5) is 13.3. The van der Waals surface area contributed by atoms with E-state index in [9.17, 15) is 4.79 Å². The molecule has 0 N–H and O–H groups in total. The van der Waals surface area contributed by atoms with Crippen molar-refractivity contribution in [3.05, 3.63) is 0 Å². The third-order valence-corrected chi connectivity index (χ3v) is 1.93. The third-order valence-electron chi connectivity index (χ3n) is 1.93. The Morgan fingerprint density at radius 2 is 1.93 bits per heavy atom. The van der Waals surface area contributed by atoms with Crippen molar-refractivity contribution < 1.29 is 9.53 Å². The van der Waals surface area contributed by atoms with Crippen molar-refractivity contribution in [1.29, 1.82) is 0 Å². The van der Waals surface area contributed by atoms with Crippen LogP contribution in [0.5, 0.6) is 0 Å². The average Bonchev–Trinajstić information content (AvgIpc) is 1.99. The molecule has 0 spiro atoms. The first-order valence-electron chi connectivity index (χ1n) is 5.02. The van der Waals surface area contributed by atoms with E-state index in [1.807, 2.05) is 14.0 Å². The van der Waals surface area contributed by atoms with Crippen LogP contribution in [0.1, 0.15) is 27.7 Å². The highest BCUT2D eigenvalue weighted by atomic mass is 16.5. The molecule has 0 fully saturated rings. The van der Waals surface area contributed by atoms with Gasteiger partial charge in [0.2, 0.25) is 0 Å². The normalized spacial score (nSPS) is 14.2. The lowest BCUT2D eigenvalue weighted by Gasteiger charge is -2.27. The molecular weight excluding hydrogens is 178 g/mol. The van der Waals surface area contributed by atoms with Crippen molar-refractivity contribution in [2.24, 2.45) is 11.3 Å². The standard InChI is InChI=1S/C11H23NO2/c1-9(10(13)14-6)7-12(5)8-11(2,3)4/h9H,7-8H2,1-6H3. The third kappa shape index (κ3) is 5.97. The van der Waals surface area contributed by atoms with Crippen LogP contribution in [0.25, 0.3) is 0 Å². The van der Waals surface area contributed by atoms with Crippen LogP contribution >= 0.6 is 0 Å². The van der Waals surface area contributed by atoms with E-state index in [2.05, 4.69) is 30.4 Å². The van der Waals surface area contributed by atoms with Crippen LogP contribution in [-0.2, 0) is 9.53 Å². The van der Waals surface area contributed by atoms with E-state index in [4.69, 9.17) is 0 Å². The lowest BCUT2D eigenvalue weighted by Crippen LogP contribution is -2.35. The van der Waals surface area contributed by atoms with Gasteiger partial charge in [-0.1, -0.05) is 27.7 Å². The summed E-state index contributed by atoms with van der Waals surface area (Å²) in [6.45, 7) is 10.2. The van der Waals surface area contributed by atoms with Gasteiger partial charge in [0.1, 0.15) is 0 Å². The summed E-state index contributed by atoms with van der Waals surface area (Å²) in [5.74, 6) is -0.182. The van der Waals surface area contributed by atoms with Gasteiger partial charge in [-0.15, -0.1) is 0 Å². The Morgan fingerprint density at radius 1 is 1.43 bits per heavy atom. The van der Waals surface area contributed by atoms with E-state index in [-0.39, 0.29) is 17.3 Å². The Hall–Kier alpha value is -0.570. The number of esters is 1. The lowest BCUT2D eigenvalue weighted by atomic mass is 9.96. The molecule has 14 heavy (non-hydrogen) atoms. The summed E-state index contributed by atoms with van der Waals surface area (Å²) in [5, 5.41) is 0. The molecule has 0 heterocycles. The number of rotatable bonds is 4. The fourth-order valence-electron chi connectivity index (χ4n) is 1.62. The van der Waals surface area contributed by atoms with Crippen LogP contribution in [0, 0.1) is 11.3 Å². The van der Waals surface area contributed by atoms with Crippen LogP contribution in [0.2, 0.25) is 0 Å². The molecule has 0 aliphatic carbocycles. The summed E-state index contributed by atoms with van der Waals surface area (Å²) in [6, 6.07) is 0. The predicted molar refractivity (Wildman–Crippen MR) is 58.1 cm³/mol. The fraction of sp³-hybridized carbons (Fsp3) is 0.909. The second kappa shape index (κ2) is 5.35. The maximum absolute atomic E-state index is 11.2. The number of hydrogen-bond acceptors (Lipinski definition) is 3. The first kappa shape index (κ1) is 13.4. The van der Waals surface area contributed by atoms with Crippen molar-refractivity contribution in [2.45, 2.75) is 27.7 Å². The molecule has 0 bridgehead atoms. The molecule has 0 aliphatic heterocycles. The van der Waals surface area contributed by atoms with Crippen LogP contribution in [-0.4, -0.2) is 38.1 Å². The van der Waals surface area contributed by atoms with Crippen molar-refractivity contribution >= 4 is 5.97 Å². The first-order chi connectivity index (χ1) is 6.26. The molecule has 1 unspecified atom stereocenters. The van der Waals surface area contributed by atoms with Gasteiger partial charge >= 0.3 is 5.97 Å². The largest absolute Gasteiger partial charge is 0.469 e. The Bertz CT molecular complexity index is 184. The van der Waals surface area contributed by atoms with Gasteiger partial charge in [0.25, 0.3) is 0 Å². The number of carbonyl (C=O) groups excluding carboxylic acids is 1. The molecule has 1 atom stereocenters. The Kier molecular flexibility index (Phi) is 5.13. The second-order valence-electron chi connectivity index (χ2n) is 5.18.